The van der Waals surface area contributed by atoms with Crippen LogP contribution in [0.5, 0.6) is 5.75 Å². The first-order chi connectivity index (χ1) is 6.29. The van der Waals surface area contributed by atoms with Gasteiger partial charge in [0.1, 0.15) is 5.75 Å². The van der Waals surface area contributed by atoms with Gasteiger partial charge in [0.15, 0.2) is 6.29 Å². The standard InChI is InChI=1S/C10H9NO2/c11-6-7-1-3-9-8(5-7)2-4-10(12)13-9/h1,3,5,10,12H,2,4H2. The van der Waals surface area contributed by atoms with Crippen molar-refractivity contribution in [3.63, 3.8) is 0 Å². The molecule has 13 heavy (non-hydrogen) atoms. The summed E-state index contributed by atoms with van der Waals surface area (Å²) in [6.45, 7) is 0. The second-order valence-corrected chi connectivity index (χ2v) is 3.05. The van der Waals surface area contributed by atoms with Crippen LogP contribution in [-0.4, -0.2) is 11.4 Å². The number of aryl methyl sites for hydroxylation is 1. The van der Waals surface area contributed by atoms with Gasteiger partial charge in [0, 0.05) is 6.42 Å². The Morgan fingerprint density at radius 3 is 3.15 bits per heavy atom. The summed E-state index contributed by atoms with van der Waals surface area (Å²) in [4.78, 5) is 0. The van der Waals surface area contributed by atoms with E-state index in [1.807, 2.05) is 0 Å². The van der Waals surface area contributed by atoms with E-state index in [2.05, 4.69) is 6.07 Å². The third-order valence-corrected chi connectivity index (χ3v) is 2.11. The van der Waals surface area contributed by atoms with E-state index >= 15 is 0 Å². The molecular weight excluding hydrogens is 166 g/mol. The molecule has 1 atom stereocenters. The summed E-state index contributed by atoms with van der Waals surface area (Å²) in [7, 11) is 0. The molecule has 0 saturated heterocycles. The quantitative estimate of drug-likeness (QED) is 0.644. The lowest BCUT2D eigenvalue weighted by Crippen LogP contribution is -2.21. The molecule has 1 aliphatic rings. The van der Waals surface area contributed by atoms with Crippen LogP contribution >= 0.6 is 0 Å². The summed E-state index contributed by atoms with van der Waals surface area (Å²) in [6.07, 6.45) is 0.675. The number of nitrogens with zero attached hydrogens (tertiary/aromatic N) is 1. The highest BCUT2D eigenvalue weighted by molar-refractivity contribution is 5.42. The van der Waals surface area contributed by atoms with Gasteiger partial charge in [0.25, 0.3) is 0 Å². The Kier molecular flexibility index (Phi) is 1.91. The maximum atomic E-state index is 9.20. The number of rotatable bonds is 0. The van der Waals surface area contributed by atoms with Crippen LogP contribution in [0.25, 0.3) is 0 Å². The van der Waals surface area contributed by atoms with E-state index in [0.717, 1.165) is 12.0 Å². The Balaban J connectivity index is 2.38. The molecule has 1 unspecified atom stereocenters. The normalized spacial score (nSPS) is 19.8. The molecular formula is C10H9NO2. The fourth-order valence-corrected chi connectivity index (χ4v) is 1.44. The van der Waals surface area contributed by atoms with E-state index in [0.29, 0.717) is 17.7 Å². The Hall–Kier alpha value is -1.53. The number of benzene rings is 1. The fraction of sp³-hybridized carbons (Fsp3) is 0.300. The summed E-state index contributed by atoms with van der Waals surface area (Å²) in [5.41, 5.74) is 1.64. The van der Waals surface area contributed by atoms with Gasteiger partial charge in [-0.3, -0.25) is 0 Å². The molecule has 0 aliphatic carbocycles. The zero-order chi connectivity index (χ0) is 9.26. The lowest BCUT2D eigenvalue weighted by molar-refractivity contribution is -0.0316. The SMILES string of the molecule is N#Cc1ccc2c(c1)CCC(O)O2. The van der Waals surface area contributed by atoms with Crippen molar-refractivity contribution in [2.24, 2.45) is 0 Å². The average molecular weight is 175 g/mol. The fourth-order valence-electron chi connectivity index (χ4n) is 1.44. The van der Waals surface area contributed by atoms with Crippen molar-refractivity contribution in [2.75, 3.05) is 0 Å². The Bertz CT molecular complexity index is 368. The van der Waals surface area contributed by atoms with Crippen LogP contribution in [-0.2, 0) is 6.42 Å². The van der Waals surface area contributed by atoms with Gasteiger partial charge >= 0.3 is 0 Å². The summed E-state index contributed by atoms with van der Waals surface area (Å²) in [6, 6.07) is 7.30. The Labute approximate surface area is 76.2 Å². The molecule has 1 N–H and O–H groups in total. The highest BCUT2D eigenvalue weighted by Gasteiger charge is 2.16. The molecule has 0 saturated carbocycles. The van der Waals surface area contributed by atoms with Gasteiger partial charge in [-0.05, 0) is 30.2 Å². The van der Waals surface area contributed by atoms with E-state index in [1.54, 1.807) is 18.2 Å². The lowest BCUT2D eigenvalue weighted by Gasteiger charge is -2.21. The van der Waals surface area contributed by atoms with Gasteiger partial charge in [0.2, 0.25) is 0 Å². The van der Waals surface area contributed by atoms with Gasteiger partial charge in [-0.2, -0.15) is 5.26 Å². The number of aliphatic hydroxyl groups is 1. The number of hydrogen-bond acceptors (Lipinski definition) is 3. The largest absolute Gasteiger partial charge is 0.465 e. The van der Waals surface area contributed by atoms with Gasteiger partial charge in [-0.25, -0.2) is 0 Å². The smallest absolute Gasteiger partial charge is 0.197 e. The minimum absolute atomic E-state index is 0.599. The van der Waals surface area contributed by atoms with Crippen molar-refractivity contribution in [2.45, 2.75) is 19.1 Å². The second-order valence-electron chi connectivity index (χ2n) is 3.05. The molecule has 3 heteroatoms. The number of nitriles is 1. The van der Waals surface area contributed by atoms with Crippen molar-refractivity contribution < 1.29 is 9.84 Å². The topological polar surface area (TPSA) is 53.2 Å². The van der Waals surface area contributed by atoms with Crippen LogP contribution in [0.15, 0.2) is 18.2 Å². The molecule has 0 amide bonds. The van der Waals surface area contributed by atoms with Crippen molar-refractivity contribution >= 4 is 0 Å². The highest BCUT2D eigenvalue weighted by atomic mass is 16.6. The zero-order valence-corrected chi connectivity index (χ0v) is 7.03. The maximum absolute atomic E-state index is 9.20. The van der Waals surface area contributed by atoms with Crippen LogP contribution in [0.1, 0.15) is 17.5 Å². The minimum Gasteiger partial charge on any atom is -0.465 e. The molecule has 66 valence electrons. The average Bonchev–Trinajstić information content (AvgIpc) is 2.17. The molecule has 0 aromatic heterocycles. The maximum Gasteiger partial charge on any atom is 0.197 e. The van der Waals surface area contributed by atoms with Gasteiger partial charge in [0.05, 0.1) is 11.6 Å². The van der Waals surface area contributed by atoms with Crippen molar-refractivity contribution in [1.29, 1.82) is 5.26 Å². The molecule has 1 aromatic rings. The first kappa shape index (κ1) is 8.09. The first-order valence-corrected chi connectivity index (χ1v) is 4.17. The minimum atomic E-state index is -0.694. The van der Waals surface area contributed by atoms with Gasteiger partial charge < -0.3 is 9.84 Å². The highest BCUT2D eigenvalue weighted by Crippen LogP contribution is 2.27. The molecule has 1 aliphatic heterocycles. The number of hydrogen-bond donors (Lipinski definition) is 1. The molecule has 2 rings (SSSR count). The van der Waals surface area contributed by atoms with E-state index in [1.165, 1.54) is 0 Å². The van der Waals surface area contributed by atoms with Crippen LogP contribution < -0.4 is 4.74 Å². The van der Waals surface area contributed by atoms with Gasteiger partial charge in [-0.1, -0.05) is 0 Å². The Morgan fingerprint density at radius 1 is 1.54 bits per heavy atom. The summed E-state index contributed by atoms with van der Waals surface area (Å²) in [5.74, 6) is 0.692. The van der Waals surface area contributed by atoms with Crippen LogP contribution in [0.3, 0.4) is 0 Å². The van der Waals surface area contributed by atoms with Crippen LogP contribution in [0.4, 0.5) is 0 Å². The second kappa shape index (κ2) is 3.08. The predicted octanol–water partition coefficient (Wildman–Crippen LogP) is 1.20. The molecule has 1 heterocycles. The van der Waals surface area contributed by atoms with Gasteiger partial charge in [-0.15, -0.1) is 0 Å². The summed E-state index contributed by atoms with van der Waals surface area (Å²) in [5, 5.41) is 17.8. The summed E-state index contributed by atoms with van der Waals surface area (Å²) >= 11 is 0. The third-order valence-electron chi connectivity index (χ3n) is 2.11. The molecule has 3 nitrogen and oxygen atoms in total. The number of ether oxygens (including phenoxy) is 1. The van der Waals surface area contributed by atoms with Crippen LogP contribution in [0.2, 0.25) is 0 Å². The van der Waals surface area contributed by atoms with Crippen LogP contribution in [0, 0.1) is 11.3 Å². The third kappa shape index (κ3) is 1.49. The number of aliphatic hydroxyl groups excluding tert-OH is 1. The Morgan fingerprint density at radius 2 is 2.38 bits per heavy atom. The lowest BCUT2D eigenvalue weighted by atomic mass is 10.0. The van der Waals surface area contributed by atoms with E-state index in [4.69, 9.17) is 10.00 Å². The molecule has 0 radical (unpaired) electrons. The molecule has 0 spiro atoms. The van der Waals surface area contributed by atoms with Crippen molar-refractivity contribution in [3.05, 3.63) is 29.3 Å². The van der Waals surface area contributed by atoms with E-state index in [9.17, 15) is 5.11 Å². The van der Waals surface area contributed by atoms with E-state index < -0.39 is 6.29 Å². The van der Waals surface area contributed by atoms with Crippen molar-refractivity contribution in [1.82, 2.24) is 0 Å². The number of fused-ring (bicyclic) bond motifs is 1. The van der Waals surface area contributed by atoms with Crippen molar-refractivity contribution in [3.8, 4) is 11.8 Å². The molecule has 0 bridgehead atoms. The first-order valence-electron chi connectivity index (χ1n) is 4.17. The zero-order valence-electron chi connectivity index (χ0n) is 7.03. The summed E-state index contributed by atoms with van der Waals surface area (Å²) < 4.78 is 5.18. The molecule has 0 fully saturated rings. The molecule has 1 aromatic carbocycles. The predicted molar refractivity (Wildman–Crippen MR) is 46.1 cm³/mol. The monoisotopic (exact) mass is 175 g/mol. The van der Waals surface area contributed by atoms with E-state index in [-0.39, 0.29) is 0 Å².